The fourth-order valence-electron chi connectivity index (χ4n) is 2.86. The second-order valence-corrected chi connectivity index (χ2v) is 4.92. The van der Waals surface area contributed by atoms with Gasteiger partial charge in [-0.2, -0.15) is 0 Å². The minimum atomic E-state index is -0.929. The number of esters is 1. The van der Waals surface area contributed by atoms with E-state index in [0.717, 1.165) is 11.1 Å². The van der Waals surface area contributed by atoms with Crippen LogP contribution < -0.4 is 0 Å². The summed E-state index contributed by atoms with van der Waals surface area (Å²) >= 11 is 0. The third kappa shape index (κ3) is 1.45. The van der Waals surface area contributed by atoms with Gasteiger partial charge in [-0.05, 0) is 17.2 Å². The SMILES string of the molecule is O=C1OC2(Cc3ccccc3CO2)c2ccccc21. The highest BCUT2D eigenvalue weighted by molar-refractivity contribution is 5.94. The Labute approximate surface area is 110 Å². The van der Waals surface area contributed by atoms with E-state index in [2.05, 4.69) is 6.07 Å². The molecule has 0 bridgehead atoms. The van der Waals surface area contributed by atoms with Crippen molar-refractivity contribution in [1.29, 1.82) is 0 Å². The molecule has 1 atom stereocenters. The molecule has 1 spiro atoms. The Kier molecular flexibility index (Phi) is 2.09. The van der Waals surface area contributed by atoms with Crippen LogP contribution in [0.5, 0.6) is 0 Å². The van der Waals surface area contributed by atoms with E-state index in [4.69, 9.17) is 9.47 Å². The monoisotopic (exact) mass is 252 g/mol. The predicted molar refractivity (Wildman–Crippen MR) is 68.5 cm³/mol. The van der Waals surface area contributed by atoms with Gasteiger partial charge in [-0.1, -0.05) is 42.5 Å². The van der Waals surface area contributed by atoms with Crippen LogP contribution in [0.3, 0.4) is 0 Å². The van der Waals surface area contributed by atoms with Crippen LogP contribution in [0.15, 0.2) is 48.5 Å². The molecule has 0 amide bonds. The quantitative estimate of drug-likeness (QED) is 0.676. The Morgan fingerprint density at radius 3 is 2.58 bits per heavy atom. The predicted octanol–water partition coefficient (Wildman–Crippen LogP) is 2.78. The molecular formula is C16H12O3. The Hall–Kier alpha value is -2.13. The van der Waals surface area contributed by atoms with Crippen LogP contribution in [0.4, 0.5) is 0 Å². The summed E-state index contributed by atoms with van der Waals surface area (Å²) in [4.78, 5) is 11.9. The zero-order valence-corrected chi connectivity index (χ0v) is 10.3. The van der Waals surface area contributed by atoms with E-state index in [9.17, 15) is 4.79 Å². The van der Waals surface area contributed by atoms with E-state index in [1.165, 1.54) is 5.56 Å². The number of hydrogen-bond donors (Lipinski definition) is 0. The third-order valence-corrected chi connectivity index (χ3v) is 3.82. The lowest BCUT2D eigenvalue weighted by atomic mass is 9.91. The minimum Gasteiger partial charge on any atom is -0.425 e. The molecule has 0 N–H and O–H groups in total. The molecule has 2 aliphatic rings. The fourth-order valence-corrected chi connectivity index (χ4v) is 2.86. The average molecular weight is 252 g/mol. The molecule has 2 aliphatic heterocycles. The second-order valence-electron chi connectivity index (χ2n) is 4.92. The number of carbonyl (C=O) groups is 1. The van der Waals surface area contributed by atoms with Gasteiger partial charge in [-0.15, -0.1) is 0 Å². The molecule has 4 rings (SSSR count). The molecule has 1 unspecified atom stereocenters. The molecule has 2 aromatic carbocycles. The summed E-state index contributed by atoms with van der Waals surface area (Å²) in [6, 6.07) is 15.6. The van der Waals surface area contributed by atoms with E-state index in [1.54, 1.807) is 6.07 Å². The van der Waals surface area contributed by atoms with E-state index >= 15 is 0 Å². The van der Waals surface area contributed by atoms with Crippen molar-refractivity contribution in [3.05, 3.63) is 70.8 Å². The Balaban J connectivity index is 1.84. The largest absolute Gasteiger partial charge is 0.425 e. The summed E-state index contributed by atoms with van der Waals surface area (Å²) in [5, 5.41) is 0. The van der Waals surface area contributed by atoms with Crippen molar-refractivity contribution >= 4 is 5.97 Å². The molecule has 0 aromatic heterocycles. The van der Waals surface area contributed by atoms with Crippen LogP contribution in [0.1, 0.15) is 27.0 Å². The molecule has 2 heterocycles. The Morgan fingerprint density at radius 2 is 1.68 bits per heavy atom. The van der Waals surface area contributed by atoms with Gasteiger partial charge in [0.05, 0.1) is 12.2 Å². The van der Waals surface area contributed by atoms with Crippen molar-refractivity contribution in [2.24, 2.45) is 0 Å². The standard InChI is InChI=1S/C16H12O3/c17-15-13-7-3-4-8-14(13)16(19-15)9-11-5-1-2-6-12(11)10-18-16/h1-8H,9-10H2. The highest BCUT2D eigenvalue weighted by atomic mass is 16.7. The van der Waals surface area contributed by atoms with Gasteiger partial charge in [0, 0.05) is 12.0 Å². The van der Waals surface area contributed by atoms with Crippen molar-refractivity contribution < 1.29 is 14.3 Å². The number of carbonyl (C=O) groups excluding carboxylic acids is 1. The fraction of sp³-hybridized carbons (Fsp3) is 0.188. The molecule has 3 nitrogen and oxygen atoms in total. The molecule has 19 heavy (non-hydrogen) atoms. The van der Waals surface area contributed by atoms with Gasteiger partial charge in [-0.25, -0.2) is 4.79 Å². The summed E-state index contributed by atoms with van der Waals surface area (Å²) < 4.78 is 11.5. The lowest BCUT2D eigenvalue weighted by molar-refractivity contribution is -0.218. The van der Waals surface area contributed by atoms with Crippen LogP contribution in [0, 0.1) is 0 Å². The number of fused-ring (bicyclic) bond motifs is 3. The van der Waals surface area contributed by atoms with Gasteiger partial charge < -0.3 is 9.47 Å². The van der Waals surface area contributed by atoms with Gasteiger partial charge in [0.2, 0.25) is 5.79 Å². The first-order valence-electron chi connectivity index (χ1n) is 6.32. The normalized spacial score (nSPS) is 23.9. The minimum absolute atomic E-state index is 0.296. The van der Waals surface area contributed by atoms with E-state index < -0.39 is 5.79 Å². The van der Waals surface area contributed by atoms with Gasteiger partial charge >= 0.3 is 5.97 Å². The average Bonchev–Trinajstić information content (AvgIpc) is 2.72. The highest BCUT2D eigenvalue weighted by Gasteiger charge is 2.48. The molecule has 3 heteroatoms. The first-order valence-corrected chi connectivity index (χ1v) is 6.32. The van der Waals surface area contributed by atoms with E-state index in [0.29, 0.717) is 18.6 Å². The summed E-state index contributed by atoms with van der Waals surface area (Å²) in [6.45, 7) is 0.470. The zero-order chi connectivity index (χ0) is 12.9. The van der Waals surface area contributed by atoms with Crippen LogP contribution in [0.25, 0.3) is 0 Å². The van der Waals surface area contributed by atoms with Crippen molar-refractivity contribution in [3.8, 4) is 0 Å². The molecule has 0 aliphatic carbocycles. The lowest BCUT2D eigenvalue weighted by Crippen LogP contribution is -2.36. The number of ether oxygens (including phenoxy) is 2. The maximum Gasteiger partial charge on any atom is 0.341 e. The second kappa shape index (κ2) is 3.68. The summed E-state index contributed by atoms with van der Waals surface area (Å²) in [5.74, 6) is -1.22. The van der Waals surface area contributed by atoms with Crippen LogP contribution in [-0.4, -0.2) is 5.97 Å². The van der Waals surface area contributed by atoms with E-state index in [1.807, 2.05) is 36.4 Å². The van der Waals surface area contributed by atoms with Crippen LogP contribution in [-0.2, 0) is 28.3 Å². The first kappa shape index (κ1) is 10.8. The van der Waals surface area contributed by atoms with Gasteiger partial charge in [0.25, 0.3) is 0 Å². The van der Waals surface area contributed by atoms with Crippen LogP contribution in [0.2, 0.25) is 0 Å². The molecular weight excluding hydrogens is 240 g/mol. The molecule has 0 radical (unpaired) electrons. The summed E-state index contributed by atoms with van der Waals surface area (Å²) in [6.07, 6.45) is 0.575. The van der Waals surface area contributed by atoms with Crippen molar-refractivity contribution in [2.75, 3.05) is 0 Å². The van der Waals surface area contributed by atoms with Crippen LogP contribution >= 0.6 is 0 Å². The van der Waals surface area contributed by atoms with Gasteiger partial charge in [-0.3, -0.25) is 0 Å². The third-order valence-electron chi connectivity index (χ3n) is 3.82. The van der Waals surface area contributed by atoms with Crippen molar-refractivity contribution in [3.63, 3.8) is 0 Å². The summed E-state index contributed by atoms with van der Waals surface area (Å²) in [5.41, 5.74) is 3.79. The highest BCUT2D eigenvalue weighted by Crippen LogP contribution is 2.43. The Bertz CT molecular complexity index is 677. The molecule has 2 aromatic rings. The van der Waals surface area contributed by atoms with E-state index in [-0.39, 0.29) is 5.97 Å². The maximum atomic E-state index is 11.9. The number of hydrogen-bond acceptors (Lipinski definition) is 3. The molecule has 0 saturated carbocycles. The Morgan fingerprint density at radius 1 is 0.947 bits per heavy atom. The molecule has 0 fully saturated rings. The molecule has 0 saturated heterocycles. The molecule has 94 valence electrons. The number of benzene rings is 2. The maximum absolute atomic E-state index is 11.9. The topological polar surface area (TPSA) is 35.5 Å². The van der Waals surface area contributed by atoms with Gasteiger partial charge in [0.15, 0.2) is 0 Å². The summed E-state index contributed by atoms with van der Waals surface area (Å²) in [7, 11) is 0. The van der Waals surface area contributed by atoms with Crippen molar-refractivity contribution in [2.45, 2.75) is 18.8 Å². The number of rotatable bonds is 0. The van der Waals surface area contributed by atoms with Crippen molar-refractivity contribution in [1.82, 2.24) is 0 Å². The zero-order valence-electron chi connectivity index (χ0n) is 10.3. The van der Waals surface area contributed by atoms with Gasteiger partial charge in [0.1, 0.15) is 0 Å². The lowest BCUT2D eigenvalue weighted by Gasteiger charge is -2.33. The first-order chi connectivity index (χ1) is 9.28. The smallest absolute Gasteiger partial charge is 0.341 e.